The molecular weight excluding hydrogens is 260 g/mol. The second-order valence-corrected chi connectivity index (χ2v) is 5.90. The van der Waals surface area contributed by atoms with Crippen LogP contribution in [0.1, 0.15) is 0 Å². The summed E-state index contributed by atoms with van der Waals surface area (Å²) in [5.41, 5.74) is 0.946. The third-order valence-corrected chi connectivity index (χ3v) is 4.53. The summed E-state index contributed by atoms with van der Waals surface area (Å²) in [4.78, 5) is 7.88. The molecular formula is C10H6N2OS3. The van der Waals surface area contributed by atoms with Crippen LogP contribution in [0.15, 0.2) is 24.3 Å². The maximum atomic E-state index is 9.66. The van der Waals surface area contributed by atoms with Gasteiger partial charge in [0, 0.05) is 0 Å². The summed E-state index contributed by atoms with van der Waals surface area (Å²) in [6.45, 7) is 0. The van der Waals surface area contributed by atoms with Crippen molar-refractivity contribution in [2.24, 2.45) is 0 Å². The zero-order chi connectivity index (χ0) is 11.1. The van der Waals surface area contributed by atoms with Crippen LogP contribution >= 0.6 is 34.9 Å². The van der Waals surface area contributed by atoms with Crippen LogP contribution in [-0.2, 0) is 0 Å². The van der Waals surface area contributed by atoms with Crippen LogP contribution < -0.4 is 0 Å². The molecule has 0 saturated carbocycles. The number of nitrogens with one attached hydrogen (secondary N) is 1. The molecule has 0 aliphatic rings. The summed E-state index contributed by atoms with van der Waals surface area (Å²) in [6, 6.07) is 7.89. The number of aromatic amines is 1. The van der Waals surface area contributed by atoms with Crippen molar-refractivity contribution < 1.29 is 5.11 Å². The molecule has 0 fully saturated rings. The maximum Gasteiger partial charge on any atom is 0.211 e. The highest BCUT2D eigenvalue weighted by Crippen LogP contribution is 2.37. The van der Waals surface area contributed by atoms with E-state index in [1.807, 2.05) is 24.3 Å². The Hall–Kier alpha value is -1.24. The number of hydrogen-bond acceptors (Lipinski definition) is 5. The first-order valence-corrected chi connectivity index (χ1v) is 6.56. The molecule has 2 aromatic heterocycles. The van der Waals surface area contributed by atoms with Gasteiger partial charge in [-0.2, -0.15) is 0 Å². The Labute approximate surface area is 104 Å². The molecule has 80 valence electrons. The third-order valence-electron chi connectivity index (χ3n) is 2.12. The molecule has 0 atom stereocenters. The Morgan fingerprint density at radius 3 is 2.75 bits per heavy atom. The second kappa shape index (κ2) is 3.65. The van der Waals surface area contributed by atoms with E-state index in [1.54, 1.807) is 11.3 Å². The Morgan fingerprint density at radius 2 is 2.06 bits per heavy atom. The number of thiazole rings is 2. The highest BCUT2D eigenvalue weighted by atomic mass is 32.1. The number of rotatable bonds is 1. The van der Waals surface area contributed by atoms with Crippen molar-refractivity contribution in [2.45, 2.75) is 0 Å². The molecule has 0 radical (unpaired) electrons. The van der Waals surface area contributed by atoms with E-state index >= 15 is 0 Å². The van der Waals surface area contributed by atoms with Gasteiger partial charge in [-0.3, -0.25) is 0 Å². The van der Waals surface area contributed by atoms with Gasteiger partial charge in [-0.15, -0.1) is 11.3 Å². The van der Waals surface area contributed by atoms with E-state index in [4.69, 9.17) is 12.2 Å². The van der Waals surface area contributed by atoms with Crippen molar-refractivity contribution in [2.75, 3.05) is 0 Å². The molecule has 3 aromatic rings. The predicted octanol–water partition coefficient (Wildman–Crippen LogP) is 3.79. The van der Waals surface area contributed by atoms with Crippen molar-refractivity contribution in [1.29, 1.82) is 0 Å². The normalized spacial score (nSPS) is 11.0. The quantitative estimate of drug-likeness (QED) is 0.659. The number of aromatic hydroxyl groups is 1. The fourth-order valence-electron chi connectivity index (χ4n) is 1.43. The molecule has 3 rings (SSSR count). The number of hydrogen-bond donors (Lipinski definition) is 2. The molecule has 0 amide bonds. The zero-order valence-corrected chi connectivity index (χ0v) is 10.4. The van der Waals surface area contributed by atoms with Gasteiger partial charge in [0.1, 0.15) is 9.88 Å². The van der Waals surface area contributed by atoms with Crippen molar-refractivity contribution >= 4 is 45.1 Å². The van der Waals surface area contributed by atoms with Crippen molar-refractivity contribution in [3.63, 3.8) is 0 Å². The Kier molecular flexibility index (Phi) is 2.27. The summed E-state index contributed by atoms with van der Waals surface area (Å²) in [5.74, 6) is 0.106. The van der Waals surface area contributed by atoms with Gasteiger partial charge in [0.05, 0.1) is 10.2 Å². The van der Waals surface area contributed by atoms with Gasteiger partial charge >= 0.3 is 0 Å². The summed E-state index contributed by atoms with van der Waals surface area (Å²) in [7, 11) is 0. The van der Waals surface area contributed by atoms with Gasteiger partial charge < -0.3 is 10.1 Å². The average molecular weight is 266 g/mol. The fourth-order valence-corrected chi connectivity index (χ4v) is 3.55. The molecule has 6 heteroatoms. The minimum Gasteiger partial charge on any atom is -0.493 e. The Morgan fingerprint density at radius 1 is 1.25 bits per heavy atom. The number of aromatic nitrogens is 2. The summed E-state index contributed by atoms with van der Waals surface area (Å²) < 4.78 is 1.67. The van der Waals surface area contributed by atoms with Crippen molar-refractivity contribution in [1.82, 2.24) is 9.97 Å². The molecule has 2 N–H and O–H groups in total. The lowest BCUT2D eigenvalue weighted by Gasteiger charge is -1.88. The van der Waals surface area contributed by atoms with Crippen LogP contribution in [0.2, 0.25) is 0 Å². The largest absolute Gasteiger partial charge is 0.493 e. The van der Waals surface area contributed by atoms with E-state index in [2.05, 4.69) is 9.97 Å². The molecule has 0 aliphatic carbocycles. The molecule has 0 spiro atoms. The van der Waals surface area contributed by atoms with Crippen LogP contribution in [0, 0.1) is 3.95 Å². The summed E-state index contributed by atoms with van der Waals surface area (Å²) in [6.07, 6.45) is 0. The zero-order valence-electron chi connectivity index (χ0n) is 7.93. The molecule has 0 unspecified atom stereocenters. The van der Waals surface area contributed by atoms with E-state index in [9.17, 15) is 5.11 Å². The first kappa shape index (κ1) is 9.95. The SMILES string of the molecule is Oc1[nH]c(=S)sc1-c1nc2ccccc2s1. The van der Waals surface area contributed by atoms with Crippen molar-refractivity contribution in [3.8, 4) is 15.8 Å². The maximum absolute atomic E-state index is 9.66. The smallest absolute Gasteiger partial charge is 0.211 e. The number of H-pyrrole nitrogens is 1. The number of benzene rings is 1. The van der Waals surface area contributed by atoms with E-state index in [0.29, 0.717) is 8.83 Å². The van der Waals surface area contributed by atoms with Crippen LogP contribution in [-0.4, -0.2) is 15.1 Å². The number of nitrogens with zero attached hydrogens (tertiary/aromatic N) is 1. The monoisotopic (exact) mass is 266 g/mol. The van der Waals surface area contributed by atoms with Crippen LogP contribution in [0.25, 0.3) is 20.1 Å². The van der Waals surface area contributed by atoms with E-state index in [-0.39, 0.29) is 5.88 Å². The molecule has 0 bridgehead atoms. The highest BCUT2D eigenvalue weighted by Gasteiger charge is 2.12. The molecule has 0 saturated heterocycles. The summed E-state index contributed by atoms with van der Waals surface area (Å²) >= 11 is 7.87. The standard InChI is InChI=1S/C10H6N2OS3/c13-8-7(16-10(14)12-8)9-11-5-3-1-2-4-6(5)15-9/h1-4,13H,(H,12,14). The molecule has 3 nitrogen and oxygen atoms in total. The summed E-state index contributed by atoms with van der Waals surface area (Å²) in [5, 5.41) is 10.5. The topological polar surface area (TPSA) is 48.9 Å². The van der Waals surface area contributed by atoms with Crippen LogP contribution in [0.3, 0.4) is 0 Å². The minimum absolute atomic E-state index is 0.106. The minimum atomic E-state index is 0.106. The molecule has 0 aliphatic heterocycles. The third kappa shape index (κ3) is 1.55. The van der Waals surface area contributed by atoms with Gasteiger partial charge in [-0.05, 0) is 24.4 Å². The molecule has 16 heavy (non-hydrogen) atoms. The lowest BCUT2D eigenvalue weighted by Crippen LogP contribution is -1.70. The van der Waals surface area contributed by atoms with Gasteiger partial charge in [0.25, 0.3) is 0 Å². The highest BCUT2D eigenvalue weighted by molar-refractivity contribution is 7.73. The Bertz CT molecular complexity index is 677. The number of para-hydroxylation sites is 1. The fraction of sp³-hybridized carbons (Fsp3) is 0. The molecule has 1 aromatic carbocycles. The van der Waals surface area contributed by atoms with Crippen molar-refractivity contribution in [3.05, 3.63) is 28.2 Å². The number of fused-ring (bicyclic) bond motifs is 1. The van der Waals surface area contributed by atoms with E-state index in [0.717, 1.165) is 15.2 Å². The first-order chi connectivity index (χ1) is 7.74. The lowest BCUT2D eigenvalue weighted by molar-refractivity contribution is 0.458. The predicted molar refractivity (Wildman–Crippen MR) is 69.8 cm³/mol. The van der Waals surface area contributed by atoms with Gasteiger partial charge in [-0.1, -0.05) is 23.5 Å². The van der Waals surface area contributed by atoms with Gasteiger partial charge in [-0.25, -0.2) is 4.98 Å². The van der Waals surface area contributed by atoms with Gasteiger partial charge in [0.15, 0.2) is 3.95 Å². The van der Waals surface area contributed by atoms with Crippen LogP contribution in [0.4, 0.5) is 0 Å². The lowest BCUT2D eigenvalue weighted by atomic mass is 10.3. The van der Waals surface area contributed by atoms with E-state index < -0.39 is 0 Å². The van der Waals surface area contributed by atoms with Crippen LogP contribution in [0.5, 0.6) is 5.88 Å². The first-order valence-electron chi connectivity index (χ1n) is 4.52. The average Bonchev–Trinajstić information content (AvgIpc) is 2.81. The van der Waals surface area contributed by atoms with Gasteiger partial charge in [0.2, 0.25) is 5.88 Å². The second-order valence-electron chi connectivity index (χ2n) is 3.18. The van der Waals surface area contributed by atoms with E-state index in [1.165, 1.54) is 11.3 Å². The Balaban J connectivity index is 2.26. The molecule has 2 heterocycles.